The van der Waals surface area contributed by atoms with Crippen LogP contribution >= 0.6 is 0 Å². The van der Waals surface area contributed by atoms with Crippen molar-refractivity contribution < 1.29 is 27.5 Å². The fourth-order valence-electron chi connectivity index (χ4n) is 5.01. The van der Waals surface area contributed by atoms with E-state index in [9.17, 15) is 18.0 Å². The van der Waals surface area contributed by atoms with Gasteiger partial charge in [-0.05, 0) is 50.3 Å². The van der Waals surface area contributed by atoms with Crippen molar-refractivity contribution in [2.45, 2.75) is 64.0 Å². The third kappa shape index (κ3) is 7.18. The Morgan fingerprint density at radius 3 is 2.45 bits per heavy atom. The summed E-state index contributed by atoms with van der Waals surface area (Å²) < 4.78 is 37.1. The molecule has 0 saturated heterocycles. The lowest BCUT2D eigenvalue weighted by Gasteiger charge is -2.30. The summed E-state index contributed by atoms with van der Waals surface area (Å²) in [6, 6.07) is 14.4. The Kier molecular flexibility index (Phi) is 9.14. The molecular formula is C28H37N3O6S. The Balaban J connectivity index is 1.41. The third-order valence-electron chi connectivity index (χ3n) is 7.15. The van der Waals surface area contributed by atoms with Crippen LogP contribution in [-0.2, 0) is 26.0 Å². The zero-order chi connectivity index (χ0) is 27.1. The van der Waals surface area contributed by atoms with Crippen LogP contribution in [0.3, 0.4) is 0 Å². The smallest absolute Gasteiger partial charge is 0.242 e. The van der Waals surface area contributed by atoms with E-state index in [2.05, 4.69) is 5.32 Å². The Morgan fingerprint density at radius 1 is 1.03 bits per heavy atom. The SMILES string of the molecule is C[C@@H](C(=O)NC1CCCC1)N(CCc1ccccc1)C(=O)CCCN(c1ccc2c(c1)OCO2)S(C)(=O)=O. The van der Waals surface area contributed by atoms with E-state index in [0.717, 1.165) is 37.5 Å². The molecule has 2 aromatic carbocycles. The number of nitrogens with one attached hydrogen (secondary N) is 1. The van der Waals surface area contributed by atoms with Gasteiger partial charge >= 0.3 is 0 Å². The zero-order valence-electron chi connectivity index (χ0n) is 22.1. The molecule has 2 aliphatic rings. The number of amides is 2. The van der Waals surface area contributed by atoms with Gasteiger partial charge in [0.1, 0.15) is 6.04 Å². The third-order valence-corrected chi connectivity index (χ3v) is 8.34. The van der Waals surface area contributed by atoms with Gasteiger partial charge in [-0.15, -0.1) is 0 Å². The summed E-state index contributed by atoms with van der Waals surface area (Å²) >= 11 is 0. The van der Waals surface area contributed by atoms with Crippen LogP contribution in [0.2, 0.25) is 0 Å². The number of nitrogens with zero attached hydrogens (tertiary/aromatic N) is 2. The molecule has 1 atom stereocenters. The van der Waals surface area contributed by atoms with Crippen LogP contribution in [0.4, 0.5) is 5.69 Å². The molecule has 0 aromatic heterocycles. The number of rotatable bonds is 12. The molecule has 1 aliphatic heterocycles. The number of carbonyl (C=O) groups is 2. The van der Waals surface area contributed by atoms with Gasteiger partial charge in [-0.1, -0.05) is 43.2 Å². The number of hydrogen-bond acceptors (Lipinski definition) is 6. The Labute approximate surface area is 225 Å². The van der Waals surface area contributed by atoms with Gasteiger partial charge in [0, 0.05) is 31.6 Å². The predicted molar refractivity (Wildman–Crippen MR) is 146 cm³/mol. The fraction of sp³-hybridized carbons (Fsp3) is 0.500. The number of carbonyl (C=O) groups excluding carboxylic acids is 2. The number of fused-ring (bicyclic) bond motifs is 1. The molecule has 1 fully saturated rings. The zero-order valence-corrected chi connectivity index (χ0v) is 22.9. The first kappa shape index (κ1) is 27.8. The lowest BCUT2D eigenvalue weighted by Crippen LogP contribution is -2.50. The van der Waals surface area contributed by atoms with Crippen molar-refractivity contribution in [2.75, 3.05) is 30.4 Å². The van der Waals surface area contributed by atoms with E-state index in [-0.39, 0.29) is 37.6 Å². The molecular weight excluding hydrogens is 506 g/mol. The number of sulfonamides is 1. The Hall–Kier alpha value is -3.27. The minimum atomic E-state index is -3.60. The highest BCUT2D eigenvalue weighted by Crippen LogP contribution is 2.36. The van der Waals surface area contributed by atoms with Crippen molar-refractivity contribution in [2.24, 2.45) is 0 Å². The second kappa shape index (κ2) is 12.5. The molecule has 38 heavy (non-hydrogen) atoms. The molecule has 0 spiro atoms. The summed E-state index contributed by atoms with van der Waals surface area (Å²) in [5.41, 5.74) is 1.54. The quantitative estimate of drug-likeness (QED) is 0.440. The van der Waals surface area contributed by atoms with Crippen molar-refractivity contribution in [1.29, 1.82) is 0 Å². The van der Waals surface area contributed by atoms with Crippen molar-refractivity contribution in [3.8, 4) is 11.5 Å². The topological polar surface area (TPSA) is 105 Å². The number of hydrogen-bond donors (Lipinski definition) is 1. The number of benzene rings is 2. The second-order valence-corrected chi connectivity index (χ2v) is 11.9. The van der Waals surface area contributed by atoms with E-state index in [1.807, 2.05) is 30.3 Å². The highest BCUT2D eigenvalue weighted by Gasteiger charge is 2.28. The molecule has 2 aromatic rings. The Morgan fingerprint density at radius 2 is 1.74 bits per heavy atom. The molecule has 10 heteroatoms. The maximum Gasteiger partial charge on any atom is 0.242 e. The van der Waals surface area contributed by atoms with Crippen LogP contribution in [0.25, 0.3) is 0 Å². The molecule has 9 nitrogen and oxygen atoms in total. The lowest BCUT2D eigenvalue weighted by atomic mass is 10.1. The number of anilines is 1. The van der Waals surface area contributed by atoms with E-state index in [1.165, 1.54) is 4.31 Å². The van der Waals surface area contributed by atoms with Crippen molar-refractivity contribution >= 4 is 27.5 Å². The largest absolute Gasteiger partial charge is 0.454 e. The summed E-state index contributed by atoms with van der Waals surface area (Å²) in [7, 11) is -3.60. The lowest BCUT2D eigenvalue weighted by molar-refractivity contribution is -0.140. The average Bonchev–Trinajstić information content (AvgIpc) is 3.58. The van der Waals surface area contributed by atoms with Crippen molar-refractivity contribution in [3.05, 3.63) is 54.1 Å². The molecule has 0 bridgehead atoms. The standard InChI is InChI=1S/C28H37N3O6S/c1-21(28(33)29-23-11-6-7-12-23)30(18-16-22-9-4-3-5-10-22)27(32)13-8-17-31(38(2,34)35)24-14-15-25-26(19-24)37-20-36-25/h3-5,9-10,14-15,19,21,23H,6-8,11-13,16-18,20H2,1-2H3,(H,29,33)/t21-/m0/s1. The summed E-state index contributed by atoms with van der Waals surface area (Å²) in [4.78, 5) is 28.1. The normalized spacial score (nSPS) is 15.7. The molecule has 1 N–H and O–H groups in total. The van der Waals surface area contributed by atoms with Gasteiger partial charge in [0.05, 0.1) is 11.9 Å². The van der Waals surface area contributed by atoms with Gasteiger partial charge in [-0.2, -0.15) is 0 Å². The highest BCUT2D eigenvalue weighted by atomic mass is 32.2. The Bertz CT molecular complexity index is 1210. The van der Waals surface area contributed by atoms with Crippen LogP contribution in [0.1, 0.15) is 51.0 Å². The first-order chi connectivity index (χ1) is 18.2. The average molecular weight is 544 g/mol. The van der Waals surface area contributed by atoms with Crippen LogP contribution in [0.5, 0.6) is 11.5 Å². The van der Waals surface area contributed by atoms with Gasteiger partial charge in [0.25, 0.3) is 0 Å². The van der Waals surface area contributed by atoms with Gasteiger partial charge in [-0.3, -0.25) is 13.9 Å². The summed E-state index contributed by atoms with van der Waals surface area (Å²) in [6.07, 6.45) is 6.34. The maximum atomic E-state index is 13.4. The number of ether oxygens (including phenoxy) is 2. The molecule has 1 heterocycles. The van der Waals surface area contributed by atoms with Gasteiger partial charge in [0.2, 0.25) is 28.6 Å². The van der Waals surface area contributed by atoms with Gasteiger partial charge in [-0.25, -0.2) is 8.42 Å². The van der Waals surface area contributed by atoms with Crippen LogP contribution < -0.4 is 19.1 Å². The van der Waals surface area contributed by atoms with E-state index in [0.29, 0.717) is 36.6 Å². The second-order valence-electron chi connectivity index (χ2n) is 9.96. The van der Waals surface area contributed by atoms with Crippen molar-refractivity contribution in [1.82, 2.24) is 10.2 Å². The molecule has 1 saturated carbocycles. The van der Waals surface area contributed by atoms with Gasteiger partial charge in [0.15, 0.2) is 11.5 Å². The first-order valence-corrected chi connectivity index (χ1v) is 15.1. The van der Waals surface area contributed by atoms with Crippen molar-refractivity contribution in [3.63, 3.8) is 0 Å². The molecule has 0 unspecified atom stereocenters. The van der Waals surface area contributed by atoms with Crippen LogP contribution in [0.15, 0.2) is 48.5 Å². The monoisotopic (exact) mass is 543 g/mol. The minimum absolute atomic E-state index is 0.0947. The minimum Gasteiger partial charge on any atom is -0.454 e. The fourth-order valence-corrected chi connectivity index (χ4v) is 5.96. The van der Waals surface area contributed by atoms with E-state index >= 15 is 0 Å². The highest BCUT2D eigenvalue weighted by molar-refractivity contribution is 7.92. The van der Waals surface area contributed by atoms with E-state index < -0.39 is 16.1 Å². The van der Waals surface area contributed by atoms with E-state index in [4.69, 9.17) is 9.47 Å². The van der Waals surface area contributed by atoms with Crippen LogP contribution in [-0.4, -0.2) is 63.4 Å². The molecule has 0 radical (unpaired) electrons. The summed E-state index contributed by atoms with van der Waals surface area (Å²) in [6.45, 7) is 2.39. The first-order valence-electron chi connectivity index (χ1n) is 13.2. The molecule has 1 aliphatic carbocycles. The molecule has 2 amide bonds. The van der Waals surface area contributed by atoms with Gasteiger partial charge < -0.3 is 19.7 Å². The summed E-state index contributed by atoms with van der Waals surface area (Å²) in [5.74, 6) is 0.739. The molecule has 206 valence electrons. The maximum absolute atomic E-state index is 13.4. The predicted octanol–water partition coefficient (Wildman–Crippen LogP) is 3.48. The summed E-state index contributed by atoms with van der Waals surface area (Å²) in [5, 5.41) is 3.11. The molecule has 4 rings (SSSR count). The van der Waals surface area contributed by atoms with Crippen LogP contribution in [0, 0.1) is 0 Å². The van der Waals surface area contributed by atoms with E-state index in [1.54, 1.807) is 30.0 Å².